The number of aromatic amines is 1. The van der Waals surface area contributed by atoms with Gasteiger partial charge >= 0.3 is 6.18 Å². The Morgan fingerprint density at radius 1 is 0.971 bits per heavy atom. The highest BCUT2D eigenvalue weighted by Gasteiger charge is 2.30. The molecule has 0 bridgehead atoms. The molecule has 2 aromatic carbocycles. The number of nitrogens with one attached hydrogen (secondary N) is 1. The normalized spacial score (nSPS) is 11.6. The topological polar surface area (TPSA) is 65.6 Å². The van der Waals surface area contributed by atoms with Gasteiger partial charge in [0.15, 0.2) is 0 Å². The predicted octanol–water partition coefficient (Wildman–Crippen LogP) is 4.64. The Hall–Kier alpha value is -3.33. The van der Waals surface area contributed by atoms with E-state index in [0.717, 1.165) is 28.6 Å². The molecule has 0 radical (unpaired) electrons. The number of fused-ring (bicyclic) bond motifs is 1. The van der Waals surface area contributed by atoms with Gasteiger partial charge in [-0.15, -0.1) is 0 Å². The molecule has 0 spiro atoms. The van der Waals surface area contributed by atoms with Gasteiger partial charge in [0, 0.05) is 50.3 Å². The van der Waals surface area contributed by atoms with Crippen molar-refractivity contribution in [2.75, 3.05) is 33.4 Å². The van der Waals surface area contributed by atoms with Gasteiger partial charge in [-0.25, -0.2) is 0 Å². The van der Waals surface area contributed by atoms with Crippen LogP contribution >= 0.6 is 0 Å². The number of H-pyrrole nitrogens is 1. The zero-order valence-electron chi connectivity index (χ0n) is 19.9. The Morgan fingerprint density at radius 2 is 1.69 bits per heavy atom. The summed E-state index contributed by atoms with van der Waals surface area (Å²) in [6, 6.07) is 12.6. The van der Waals surface area contributed by atoms with Crippen molar-refractivity contribution < 1.29 is 27.5 Å². The summed E-state index contributed by atoms with van der Waals surface area (Å²) in [6.45, 7) is 2.67. The van der Waals surface area contributed by atoms with E-state index in [9.17, 15) is 22.8 Å². The molecule has 0 saturated carbocycles. The summed E-state index contributed by atoms with van der Waals surface area (Å²) in [5.74, 6) is -0.441. The molecule has 35 heavy (non-hydrogen) atoms. The summed E-state index contributed by atoms with van der Waals surface area (Å²) in [7, 11) is 1.52. The molecule has 6 nitrogen and oxygen atoms in total. The summed E-state index contributed by atoms with van der Waals surface area (Å²) in [5, 5.41) is 1.05. The number of amides is 2. The van der Waals surface area contributed by atoms with Gasteiger partial charge in [-0.05, 0) is 35.7 Å². The number of hydrogen-bond donors (Lipinski definition) is 1. The number of nitrogens with zero attached hydrogens (tertiary/aromatic N) is 2. The largest absolute Gasteiger partial charge is 0.416 e. The first kappa shape index (κ1) is 26.3. The van der Waals surface area contributed by atoms with Crippen LogP contribution in [-0.2, 0) is 33.5 Å². The van der Waals surface area contributed by atoms with Crippen LogP contribution in [0, 0.1) is 0 Å². The highest BCUT2D eigenvalue weighted by Crippen LogP contribution is 2.29. The number of methoxy groups -OCH3 is 1. The summed E-state index contributed by atoms with van der Waals surface area (Å²) in [6.07, 6.45) is -1.72. The van der Waals surface area contributed by atoms with Crippen LogP contribution in [0.2, 0.25) is 0 Å². The number of halogens is 3. The van der Waals surface area contributed by atoms with Gasteiger partial charge in [-0.1, -0.05) is 37.3 Å². The molecule has 0 aliphatic rings. The van der Waals surface area contributed by atoms with Crippen LogP contribution in [0.5, 0.6) is 0 Å². The second-order valence-electron chi connectivity index (χ2n) is 8.28. The van der Waals surface area contributed by atoms with E-state index in [-0.39, 0.29) is 37.9 Å². The lowest BCUT2D eigenvalue weighted by molar-refractivity contribution is -0.141. The molecule has 1 heterocycles. The van der Waals surface area contributed by atoms with Crippen molar-refractivity contribution in [2.45, 2.75) is 32.5 Å². The van der Waals surface area contributed by atoms with E-state index in [0.29, 0.717) is 25.1 Å². The fourth-order valence-electron chi connectivity index (χ4n) is 3.89. The summed E-state index contributed by atoms with van der Waals surface area (Å²) >= 11 is 0. The quantitative estimate of drug-likeness (QED) is 0.427. The summed E-state index contributed by atoms with van der Waals surface area (Å²) < 4.78 is 43.9. The van der Waals surface area contributed by atoms with E-state index < -0.39 is 11.7 Å². The number of carbonyl (C=O) groups is 2. The van der Waals surface area contributed by atoms with Gasteiger partial charge in [0.1, 0.15) is 0 Å². The number of aromatic nitrogens is 1. The van der Waals surface area contributed by atoms with Crippen LogP contribution in [0.4, 0.5) is 13.2 Å². The standard InChI is InChI=1S/C26H30F3N3O3/c1-3-24(33)32(14-15-35-2)18-25(34)31(17-19-8-10-21(11-9-19)26(27,28)29)13-12-20-16-30-23-7-5-4-6-22(20)23/h4-11,16,30H,3,12-15,17-18H2,1-2H3. The maximum absolute atomic E-state index is 13.3. The predicted molar refractivity (Wildman–Crippen MR) is 128 cm³/mol. The van der Waals surface area contributed by atoms with Gasteiger partial charge in [0.25, 0.3) is 0 Å². The van der Waals surface area contributed by atoms with Crippen molar-refractivity contribution in [1.82, 2.24) is 14.8 Å². The molecule has 0 unspecified atom stereocenters. The summed E-state index contributed by atoms with van der Waals surface area (Å²) in [4.78, 5) is 31.9. The van der Waals surface area contributed by atoms with Gasteiger partial charge in [-0.2, -0.15) is 13.2 Å². The molecular formula is C26H30F3N3O3. The van der Waals surface area contributed by atoms with Crippen molar-refractivity contribution >= 4 is 22.7 Å². The van der Waals surface area contributed by atoms with Crippen molar-refractivity contribution in [3.8, 4) is 0 Å². The number of para-hydroxylation sites is 1. The molecule has 0 aliphatic carbocycles. The van der Waals surface area contributed by atoms with Crippen molar-refractivity contribution in [3.05, 3.63) is 71.4 Å². The van der Waals surface area contributed by atoms with E-state index >= 15 is 0 Å². The van der Waals surface area contributed by atoms with Gasteiger partial charge < -0.3 is 19.5 Å². The fourth-order valence-corrected chi connectivity index (χ4v) is 3.89. The fraction of sp³-hybridized carbons (Fsp3) is 0.385. The van der Waals surface area contributed by atoms with Gasteiger partial charge in [0.05, 0.1) is 18.7 Å². The average Bonchev–Trinajstić information content (AvgIpc) is 3.26. The maximum atomic E-state index is 13.3. The van der Waals surface area contributed by atoms with E-state index in [1.165, 1.54) is 24.1 Å². The third-order valence-electron chi connectivity index (χ3n) is 5.88. The minimum Gasteiger partial charge on any atom is -0.383 e. The molecule has 0 atom stereocenters. The van der Waals surface area contributed by atoms with E-state index in [2.05, 4.69) is 4.98 Å². The Kier molecular flexibility index (Phi) is 8.92. The molecule has 2 amide bonds. The number of benzene rings is 2. The molecule has 9 heteroatoms. The Bertz CT molecular complexity index is 1130. The monoisotopic (exact) mass is 489 g/mol. The first-order valence-electron chi connectivity index (χ1n) is 11.5. The van der Waals surface area contributed by atoms with E-state index in [1.807, 2.05) is 30.5 Å². The maximum Gasteiger partial charge on any atom is 0.416 e. The Labute approximate surface area is 202 Å². The van der Waals surface area contributed by atoms with E-state index in [4.69, 9.17) is 4.74 Å². The highest BCUT2D eigenvalue weighted by atomic mass is 19.4. The summed E-state index contributed by atoms with van der Waals surface area (Å²) in [5.41, 5.74) is 1.86. The minimum atomic E-state index is -4.42. The van der Waals surface area contributed by atoms with Crippen LogP contribution in [0.3, 0.4) is 0 Å². The second kappa shape index (κ2) is 11.9. The molecule has 3 rings (SSSR count). The molecule has 0 fully saturated rings. The zero-order chi connectivity index (χ0) is 25.4. The lowest BCUT2D eigenvalue weighted by atomic mass is 10.1. The first-order valence-corrected chi connectivity index (χ1v) is 11.5. The lowest BCUT2D eigenvalue weighted by Crippen LogP contribution is -2.44. The van der Waals surface area contributed by atoms with Gasteiger partial charge in [0.2, 0.25) is 11.8 Å². The van der Waals surface area contributed by atoms with Crippen molar-refractivity contribution in [1.29, 1.82) is 0 Å². The van der Waals surface area contributed by atoms with Crippen molar-refractivity contribution in [2.24, 2.45) is 0 Å². The molecule has 188 valence electrons. The van der Waals surface area contributed by atoms with Crippen LogP contribution in [0.25, 0.3) is 10.9 Å². The lowest BCUT2D eigenvalue weighted by Gasteiger charge is -2.28. The number of ether oxygens (including phenoxy) is 1. The SMILES string of the molecule is CCC(=O)N(CCOC)CC(=O)N(CCc1c[nH]c2ccccc12)Cc1ccc(C(F)(F)F)cc1. The van der Waals surface area contributed by atoms with Gasteiger partial charge in [-0.3, -0.25) is 9.59 Å². The molecule has 1 aromatic heterocycles. The molecule has 1 N–H and O–H groups in total. The molecular weight excluding hydrogens is 459 g/mol. The number of carbonyl (C=O) groups excluding carboxylic acids is 2. The average molecular weight is 490 g/mol. The molecule has 3 aromatic rings. The first-order chi connectivity index (χ1) is 16.7. The van der Waals surface area contributed by atoms with Crippen molar-refractivity contribution in [3.63, 3.8) is 0 Å². The molecule has 0 saturated heterocycles. The number of hydrogen-bond acceptors (Lipinski definition) is 3. The third kappa shape index (κ3) is 7.08. The van der Waals surface area contributed by atoms with Crippen LogP contribution in [0.1, 0.15) is 30.0 Å². The Balaban J connectivity index is 1.79. The Morgan fingerprint density at radius 3 is 2.34 bits per heavy atom. The number of alkyl halides is 3. The van der Waals surface area contributed by atoms with Crippen LogP contribution < -0.4 is 0 Å². The second-order valence-corrected chi connectivity index (χ2v) is 8.28. The van der Waals surface area contributed by atoms with Crippen LogP contribution in [-0.4, -0.2) is 59.9 Å². The molecule has 0 aliphatic heterocycles. The zero-order valence-corrected chi connectivity index (χ0v) is 19.9. The van der Waals surface area contributed by atoms with E-state index in [1.54, 1.807) is 11.8 Å². The van der Waals surface area contributed by atoms with Crippen LogP contribution in [0.15, 0.2) is 54.7 Å². The minimum absolute atomic E-state index is 0.120. The smallest absolute Gasteiger partial charge is 0.383 e. The number of rotatable bonds is 11. The highest BCUT2D eigenvalue weighted by molar-refractivity contribution is 5.85. The third-order valence-corrected chi connectivity index (χ3v) is 5.88.